The van der Waals surface area contributed by atoms with Crippen molar-refractivity contribution in [2.24, 2.45) is 5.14 Å². The van der Waals surface area contributed by atoms with Crippen LogP contribution in [0.4, 0.5) is 17.2 Å². The Labute approximate surface area is 187 Å². The van der Waals surface area contributed by atoms with Crippen LogP contribution >= 0.6 is 11.8 Å². The number of hydrogen-bond acceptors (Lipinski definition) is 8. The number of nitro groups is 1. The maximum absolute atomic E-state index is 11.5. The molecule has 0 aliphatic heterocycles. The Bertz CT molecular complexity index is 1390. The lowest BCUT2D eigenvalue weighted by Gasteiger charge is -2.11. The van der Waals surface area contributed by atoms with Gasteiger partial charge in [-0.1, -0.05) is 36.0 Å². The van der Waals surface area contributed by atoms with Crippen LogP contribution in [0.3, 0.4) is 0 Å². The third-order valence-corrected chi connectivity index (χ3v) is 6.39. The number of hydrogen-bond donors (Lipinski definition) is 2. The van der Waals surface area contributed by atoms with E-state index < -0.39 is 14.9 Å². The molecule has 11 heteroatoms. The molecule has 3 N–H and O–H groups in total. The third-order valence-electron chi connectivity index (χ3n) is 4.54. The standard InChI is InChI=1S/C21H17N5O4S2/c22-32(29,30)17-11-7-15(8-12-17)23-20-18-3-1-2-4-19(18)24-21(25-20)31-13-14-5-9-16(10-6-14)26(27)28/h1-12H,13H2,(H2,22,29,30)(H,23,24,25). The number of nitro benzene ring substituents is 1. The summed E-state index contributed by atoms with van der Waals surface area (Å²) in [5, 5.41) is 20.5. The molecule has 0 aliphatic rings. The second-order valence-corrected chi connectivity index (χ2v) is 9.28. The Kier molecular flexibility index (Phi) is 6.04. The van der Waals surface area contributed by atoms with Gasteiger partial charge in [-0.05, 0) is 42.0 Å². The van der Waals surface area contributed by atoms with Crippen LogP contribution in [0.15, 0.2) is 82.8 Å². The van der Waals surface area contributed by atoms with Crippen LogP contribution in [0, 0.1) is 10.1 Å². The van der Waals surface area contributed by atoms with Gasteiger partial charge in [0.05, 0.1) is 15.3 Å². The topological polar surface area (TPSA) is 141 Å². The Morgan fingerprint density at radius 3 is 2.31 bits per heavy atom. The lowest BCUT2D eigenvalue weighted by molar-refractivity contribution is -0.384. The molecule has 0 amide bonds. The summed E-state index contributed by atoms with van der Waals surface area (Å²) in [6.45, 7) is 0. The zero-order chi connectivity index (χ0) is 22.7. The Balaban J connectivity index is 1.59. The Hall–Kier alpha value is -3.54. The van der Waals surface area contributed by atoms with E-state index in [2.05, 4.69) is 15.3 Å². The van der Waals surface area contributed by atoms with E-state index in [0.29, 0.717) is 22.4 Å². The maximum Gasteiger partial charge on any atom is 0.269 e. The summed E-state index contributed by atoms with van der Waals surface area (Å²) in [5.74, 6) is 1.11. The fraction of sp³-hybridized carbons (Fsp3) is 0.0476. The highest BCUT2D eigenvalue weighted by molar-refractivity contribution is 7.98. The van der Waals surface area contributed by atoms with Crippen LogP contribution in [-0.4, -0.2) is 23.3 Å². The molecule has 32 heavy (non-hydrogen) atoms. The highest BCUT2D eigenvalue weighted by Crippen LogP contribution is 2.29. The van der Waals surface area contributed by atoms with Crippen molar-refractivity contribution in [3.05, 3.63) is 88.5 Å². The second-order valence-electron chi connectivity index (χ2n) is 6.78. The van der Waals surface area contributed by atoms with E-state index in [1.807, 2.05) is 24.3 Å². The number of aromatic nitrogens is 2. The number of sulfonamides is 1. The van der Waals surface area contributed by atoms with Crippen molar-refractivity contribution < 1.29 is 13.3 Å². The highest BCUT2D eigenvalue weighted by atomic mass is 32.2. The highest BCUT2D eigenvalue weighted by Gasteiger charge is 2.11. The molecule has 4 rings (SSSR count). The first-order valence-electron chi connectivity index (χ1n) is 9.32. The molecule has 0 saturated carbocycles. The third kappa shape index (κ3) is 5.02. The van der Waals surface area contributed by atoms with Crippen LogP contribution < -0.4 is 10.5 Å². The molecule has 1 aromatic heterocycles. The van der Waals surface area contributed by atoms with E-state index in [0.717, 1.165) is 16.5 Å². The molecule has 0 radical (unpaired) electrons. The van der Waals surface area contributed by atoms with Crippen LogP contribution in [-0.2, 0) is 15.8 Å². The quantitative estimate of drug-likeness (QED) is 0.178. The predicted molar refractivity (Wildman–Crippen MR) is 123 cm³/mol. The number of rotatable bonds is 7. The number of para-hydroxylation sites is 1. The Morgan fingerprint density at radius 2 is 1.66 bits per heavy atom. The number of nitrogens with one attached hydrogen (secondary N) is 1. The number of thioether (sulfide) groups is 1. The van der Waals surface area contributed by atoms with Gasteiger partial charge in [-0.25, -0.2) is 23.5 Å². The molecule has 0 unspecified atom stereocenters. The van der Waals surface area contributed by atoms with Crippen molar-refractivity contribution in [2.45, 2.75) is 15.8 Å². The minimum Gasteiger partial charge on any atom is -0.340 e. The van der Waals surface area contributed by atoms with Gasteiger partial charge in [0.15, 0.2) is 5.16 Å². The molecular weight excluding hydrogens is 450 g/mol. The molecular formula is C21H17N5O4S2. The average Bonchev–Trinajstić information content (AvgIpc) is 2.78. The molecule has 0 spiro atoms. The average molecular weight is 468 g/mol. The van der Waals surface area contributed by atoms with Crippen molar-refractivity contribution in [3.8, 4) is 0 Å². The number of non-ortho nitro benzene ring substituents is 1. The van der Waals surface area contributed by atoms with Crippen molar-refractivity contribution in [3.63, 3.8) is 0 Å². The van der Waals surface area contributed by atoms with Gasteiger partial charge in [-0.3, -0.25) is 10.1 Å². The van der Waals surface area contributed by atoms with Crippen molar-refractivity contribution >= 4 is 49.9 Å². The van der Waals surface area contributed by atoms with Gasteiger partial charge in [0.25, 0.3) is 5.69 Å². The van der Waals surface area contributed by atoms with Crippen LogP contribution in [0.25, 0.3) is 10.9 Å². The normalized spacial score (nSPS) is 11.4. The van der Waals surface area contributed by atoms with Crippen LogP contribution in [0.5, 0.6) is 0 Å². The van der Waals surface area contributed by atoms with Gasteiger partial charge in [0.2, 0.25) is 10.0 Å². The molecule has 1 heterocycles. The summed E-state index contributed by atoms with van der Waals surface area (Å²) in [6.07, 6.45) is 0. The zero-order valence-electron chi connectivity index (χ0n) is 16.5. The molecule has 9 nitrogen and oxygen atoms in total. The molecule has 0 atom stereocenters. The Morgan fingerprint density at radius 1 is 0.969 bits per heavy atom. The minimum atomic E-state index is -3.77. The summed E-state index contributed by atoms with van der Waals surface area (Å²) in [7, 11) is -3.77. The van der Waals surface area contributed by atoms with E-state index in [1.54, 1.807) is 24.3 Å². The van der Waals surface area contributed by atoms with Gasteiger partial charge >= 0.3 is 0 Å². The van der Waals surface area contributed by atoms with Gasteiger partial charge in [0.1, 0.15) is 5.82 Å². The molecule has 3 aromatic carbocycles. The largest absolute Gasteiger partial charge is 0.340 e. The minimum absolute atomic E-state index is 0.0231. The molecule has 162 valence electrons. The summed E-state index contributed by atoms with van der Waals surface area (Å²) >= 11 is 1.41. The van der Waals surface area contributed by atoms with E-state index in [1.165, 1.54) is 36.0 Å². The van der Waals surface area contributed by atoms with E-state index in [4.69, 9.17) is 5.14 Å². The number of primary sulfonamides is 1. The molecule has 4 aromatic rings. The van der Waals surface area contributed by atoms with Crippen molar-refractivity contribution in [1.82, 2.24) is 9.97 Å². The molecule has 0 bridgehead atoms. The van der Waals surface area contributed by atoms with Gasteiger partial charge in [-0.15, -0.1) is 0 Å². The van der Waals surface area contributed by atoms with Gasteiger partial charge in [0, 0.05) is 29.0 Å². The van der Waals surface area contributed by atoms with Crippen LogP contribution in [0.2, 0.25) is 0 Å². The second kappa shape index (κ2) is 8.91. The van der Waals surface area contributed by atoms with Gasteiger partial charge in [-0.2, -0.15) is 0 Å². The summed E-state index contributed by atoms with van der Waals surface area (Å²) in [4.78, 5) is 19.6. The molecule has 0 saturated heterocycles. The van der Waals surface area contributed by atoms with E-state index in [9.17, 15) is 18.5 Å². The number of nitrogens with two attached hydrogens (primary N) is 1. The summed E-state index contributed by atoms with van der Waals surface area (Å²) in [5.41, 5.74) is 2.34. The smallest absolute Gasteiger partial charge is 0.269 e. The number of fused-ring (bicyclic) bond motifs is 1. The summed E-state index contributed by atoms with van der Waals surface area (Å²) < 4.78 is 22.9. The monoisotopic (exact) mass is 467 g/mol. The fourth-order valence-electron chi connectivity index (χ4n) is 2.94. The fourth-order valence-corrected chi connectivity index (χ4v) is 4.26. The van der Waals surface area contributed by atoms with Crippen LogP contribution in [0.1, 0.15) is 5.56 Å². The van der Waals surface area contributed by atoms with E-state index in [-0.39, 0.29) is 10.6 Å². The maximum atomic E-state index is 11.5. The summed E-state index contributed by atoms with van der Waals surface area (Å²) in [6, 6.07) is 19.9. The lowest BCUT2D eigenvalue weighted by atomic mass is 10.2. The van der Waals surface area contributed by atoms with Crippen molar-refractivity contribution in [2.75, 3.05) is 5.32 Å². The number of benzene rings is 3. The zero-order valence-corrected chi connectivity index (χ0v) is 18.1. The van der Waals surface area contributed by atoms with Crippen molar-refractivity contribution in [1.29, 1.82) is 0 Å². The predicted octanol–water partition coefficient (Wildman–Crippen LogP) is 4.22. The molecule has 0 aliphatic carbocycles. The lowest BCUT2D eigenvalue weighted by Crippen LogP contribution is -2.11. The number of nitrogens with zero attached hydrogens (tertiary/aromatic N) is 3. The first-order valence-corrected chi connectivity index (χ1v) is 11.9. The molecule has 0 fully saturated rings. The first kappa shape index (κ1) is 21.7. The first-order chi connectivity index (χ1) is 15.3. The number of anilines is 2. The van der Waals surface area contributed by atoms with E-state index >= 15 is 0 Å². The van der Waals surface area contributed by atoms with Gasteiger partial charge < -0.3 is 5.32 Å². The SMILES string of the molecule is NS(=O)(=O)c1ccc(Nc2nc(SCc3ccc([N+](=O)[O-])cc3)nc3ccccc23)cc1.